The van der Waals surface area contributed by atoms with E-state index in [1.54, 1.807) is 0 Å². The normalized spacial score (nSPS) is 17.6. The minimum absolute atomic E-state index is 0.124. The van der Waals surface area contributed by atoms with Gasteiger partial charge in [-0.1, -0.05) is 19.8 Å². The van der Waals surface area contributed by atoms with Gasteiger partial charge in [0.25, 0.3) is 0 Å². The first kappa shape index (κ1) is 10.4. The molecule has 0 radical (unpaired) electrons. The molecule has 0 bridgehead atoms. The second-order valence-electron chi connectivity index (χ2n) is 3.91. The molecule has 0 spiro atoms. The lowest BCUT2D eigenvalue weighted by atomic mass is 9.97. The SMILES string of the molecule is CCCC(=O)CC(=O)C1CCCC1. The summed E-state index contributed by atoms with van der Waals surface area (Å²) in [4.78, 5) is 22.7. The molecular formula is C11H18O2. The molecule has 1 rings (SSSR count). The van der Waals surface area contributed by atoms with Gasteiger partial charge in [-0.15, -0.1) is 0 Å². The Kier molecular flexibility index (Phi) is 4.13. The Bertz CT molecular complexity index is 190. The van der Waals surface area contributed by atoms with E-state index in [4.69, 9.17) is 0 Å². The van der Waals surface area contributed by atoms with E-state index < -0.39 is 0 Å². The summed E-state index contributed by atoms with van der Waals surface area (Å²) in [5.41, 5.74) is 0. The molecule has 0 aromatic rings. The Balaban J connectivity index is 2.27. The Morgan fingerprint density at radius 3 is 2.38 bits per heavy atom. The first-order chi connectivity index (χ1) is 6.24. The second kappa shape index (κ2) is 5.15. The highest BCUT2D eigenvalue weighted by Crippen LogP contribution is 2.26. The highest BCUT2D eigenvalue weighted by molar-refractivity contribution is 6.00. The number of carbonyl (C=O) groups excluding carboxylic acids is 2. The van der Waals surface area contributed by atoms with Crippen LogP contribution < -0.4 is 0 Å². The van der Waals surface area contributed by atoms with Crippen LogP contribution in [0.15, 0.2) is 0 Å². The second-order valence-corrected chi connectivity index (χ2v) is 3.91. The third-order valence-corrected chi connectivity index (χ3v) is 2.71. The quantitative estimate of drug-likeness (QED) is 0.612. The predicted molar refractivity (Wildman–Crippen MR) is 51.5 cm³/mol. The molecule has 1 aliphatic carbocycles. The molecule has 0 amide bonds. The summed E-state index contributed by atoms with van der Waals surface area (Å²) in [6.45, 7) is 1.97. The molecule has 0 unspecified atom stereocenters. The molecular weight excluding hydrogens is 164 g/mol. The average molecular weight is 182 g/mol. The maximum absolute atomic E-state index is 11.5. The molecule has 2 nitrogen and oxygen atoms in total. The minimum Gasteiger partial charge on any atom is -0.299 e. The van der Waals surface area contributed by atoms with Crippen molar-refractivity contribution in [2.75, 3.05) is 0 Å². The summed E-state index contributed by atoms with van der Waals surface area (Å²) in [7, 11) is 0. The van der Waals surface area contributed by atoms with Gasteiger partial charge in [-0.3, -0.25) is 9.59 Å². The monoisotopic (exact) mass is 182 g/mol. The molecule has 1 aliphatic rings. The molecule has 0 aliphatic heterocycles. The van der Waals surface area contributed by atoms with Crippen molar-refractivity contribution in [2.24, 2.45) is 5.92 Å². The van der Waals surface area contributed by atoms with E-state index in [2.05, 4.69) is 0 Å². The number of hydrogen-bond donors (Lipinski definition) is 0. The smallest absolute Gasteiger partial charge is 0.143 e. The zero-order valence-corrected chi connectivity index (χ0v) is 8.34. The molecule has 0 aromatic heterocycles. The van der Waals surface area contributed by atoms with Crippen LogP contribution in [0.3, 0.4) is 0 Å². The van der Waals surface area contributed by atoms with E-state index in [9.17, 15) is 9.59 Å². The number of hydrogen-bond acceptors (Lipinski definition) is 2. The van der Waals surface area contributed by atoms with Crippen LogP contribution in [0.2, 0.25) is 0 Å². The molecule has 0 saturated heterocycles. The fraction of sp³-hybridized carbons (Fsp3) is 0.818. The van der Waals surface area contributed by atoms with E-state index in [0.29, 0.717) is 6.42 Å². The fourth-order valence-corrected chi connectivity index (χ4v) is 1.95. The standard InChI is InChI=1S/C11H18O2/c1-2-5-10(12)8-11(13)9-6-3-4-7-9/h9H,2-8H2,1H3. The summed E-state index contributed by atoms with van der Waals surface area (Å²) >= 11 is 0. The average Bonchev–Trinajstić information content (AvgIpc) is 2.55. The van der Waals surface area contributed by atoms with E-state index in [1.807, 2.05) is 6.92 Å². The van der Waals surface area contributed by atoms with Crippen molar-refractivity contribution in [3.63, 3.8) is 0 Å². The van der Waals surface area contributed by atoms with Gasteiger partial charge in [-0.25, -0.2) is 0 Å². The maximum atomic E-state index is 11.5. The number of rotatable bonds is 5. The summed E-state index contributed by atoms with van der Waals surface area (Å²) in [6.07, 6.45) is 5.97. The first-order valence-corrected chi connectivity index (χ1v) is 5.28. The highest BCUT2D eigenvalue weighted by Gasteiger charge is 2.23. The molecule has 0 atom stereocenters. The van der Waals surface area contributed by atoms with Crippen LogP contribution in [0.4, 0.5) is 0 Å². The summed E-state index contributed by atoms with van der Waals surface area (Å²) in [6, 6.07) is 0. The van der Waals surface area contributed by atoms with Gasteiger partial charge in [0, 0.05) is 12.3 Å². The molecule has 2 heteroatoms. The van der Waals surface area contributed by atoms with E-state index in [-0.39, 0.29) is 23.9 Å². The van der Waals surface area contributed by atoms with Crippen LogP contribution in [0.1, 0.15) is 51.9 Å². The van der Waals surface area contributed by atoms with Crippen LogP contribution in [0.5, 0.6) is 0 Å². The predicted octanol–water partition coefficient (Wildman–Crippen LogP) is 2.51. The molecule has 0 aromatic carbocycles. The molecule has 74 valence electrons. The lowest BCUT2D eigenvalue weighted by molar-refractivity contribution is -0.129. The largest absolute Gasteiger partial charge is 0.299 e. The maximum Gasteiger partial charge on any atom is 0.143 e. The van der Waals surface area contributed by atoms with E-state index in [1.165, 1.54) is 12.8 Å². The fourth-order valence-electron chi connectivity index (χ4n) is 1.95. The van der Waals surface area contributed by atoms with Crippen molar-refractivity contribution in [3.8, 4) is 0 Å². The Morgan fingerprint density at radius 1 is 1.23 bits per heavy atom. The Labute approximate surface area is 79.7 Å². The van der Waals surface area contributed by atoms with Crippen LogP contribution in [-0.4, -0.2) is 11.6 Å². The van der Waals surface area contributed by atoms with Crippen LogP contribution in [0, 0.1) is 5.92 Å². The van der Waals surface area contributed by atoms with Crippen molar-refractivity contribution < 1.29 is 9.59 Å². The summed E-state index contributed by atoms with van der Waals surface area (Å²) < 4.78 is 0. The number of carbonyl (C=O) groups is 2. The van der Waals surface area contributed by atoms with Gasteiger partial charge < -0.3 is 0 Å². The third kappa shape index (κ3) is 3.29. The van der Waals surface area contributed by atoms with Crippen LogP contribution in [0.25, 0.3) is 0 Å². The van der Waals surface area contributed by atoms with Gasteiger partial charge in [-0.05, 0) is 19.3 Å². The van der Waals surface area contributed by atoms with Gasteiger partial charge >= 0.3 is 0 Å². The summed E-state index contributed by atoms with van der Waals surface area (Å²) in [5.74, 6) is 0.524. The zero-order chi connectivity index (χ0) is 9.68. The van der Waals surface area contributed by atoms with Crippen molar-refractivity contribution >= 4 is 11.6 Å². The van der Waals surface area contributed by atoms with Crippen LogP contribution >= 0.6 is 0 Å². The molecule has 1 fully saturated rings. The highest BCUT2D eigenvalue weighted by atomic mass is 16.1. The number of Topliss-reactive ketones (excluding diaryl/α,β-unsaturated/α-hetero) is 2. The Morgan fingerprint density at radius 2 is 1.85 bits per heavy atom. The van der Waals surface area contributed by atoms with Crippen molar-refractivity contribution in [3.05, 3.63) is 0 Å². The molecule has 0 N–H and O–H groups in total. The lowest BCUT2D eigenvalue weighted by Crippen LogP contribution is -2.15. The van der Waals surface area contributed by atoms with Crippen molar-refractivity contribution in [1.82, 2.24) is 0 Å². The van der Waals surface area contributed by atoms with Crippen LogP contribution in [-0.2, 0) is 9.59 Å². The van der Waals surface area contributed by atoms with Gasteiger partial charge in [-0.2, -0.15) is 0 Å². The molecule has 1 saturated carbocycles. The molecule has 13 heavy (non-hydrogen) atoms. The van der Waals surface area contributed by atoms with Gasteiger partial charge in [0.15, 0.2) is 0 Å². The topological polar surface area (TPSA) is 34.1 Å². The van der Waals surface area contributed by atoms with Gasteiger partial charge in [0.2, 0.25) is 0 Å². The Hall–Kier alpha value is -0.660. The number of ketones is 2. The van der Waals surface area contributed by atoms with Gasteiger partial charge in [0.05, 0.1) is 6.42 Å². The van der Waals surface area contributed by atoms with E-state index in [0.717, 1.165) is 19.3 Å². The zero-order valence-electron chi connectivity index (χ0n) is 8.34. The van der Waals surface area contributed by atoms with E-state index >= 15 is 0 Å². The van der Waals surface area contributed by atoms with Crippen molar-refractivity contribution in [1.29, 1.82) is 0 Å². The minimum atomic E-state index is 0.124. The van der Waals surface area contributed by atoms with Crippen molar-refractivity contribution in [2.45, 2.75) is 51.9 Å². The summed E-state index contributed by atoms with van der Waals surface area (Å²) in [5, 5.41) is 0. The lowest BCUT2D eigenvalue weighted by Gasteiger charge is -2.05. The third-order valence-electron chi connectivity index (χ3n) is 2.71. The molecule has 0 heterocycles. The first-order valence-electron chi connectivity index (χ1n) is 5.28. The van der Waals surface area contributed by atoms with Gasteiger partial charge in [0.1, 0.15) is 11.6 Å².